The summed E-state index contributed by atoms with van der Waals surface area (Å²) < 4.78 is 34.9. The van der Waals surface area contributed by atoms with Crippen molar-refractivity contribution in [3.05, 3.63) is 40.7 Å². The maximum Gasteiger partial charge on any atom is 0.409 e. The Morgan fingerprint density at radius 2 is 2.14 bits per heavy atom. The predicted molar refractivity (Wildman–Crippen MR) is 105 cm³/mol. The molecule has 0 saturated heterocycles. The molecule has 9 nitrogen and oxygen atoms in total. The predicted octanol–water partition coefficient (Wildman–Crippen LogP) is 2.65. The molecule has 0 aliphatic heterocycles. The Morgan fingerprint density at radius 1 is 1.41 bits per heavy atom. The summed E-state index contributed by atoms with van der Waals surface area (Å²) in [6, 6.07) is 2.59. The highest BCUT2D eigenvalue weighted by molar-refractivity contribution is 7.15. The molecule has 154 valence electrons. The van der Waals surface area contributed by atoms with Gasteiger partial charge in [-0.25, -0.2) is 23.2 Å². The first-order chi connectivity index (χ1) is 13.7. The number of rotatable bonds is 5. The van der Waals surface area contributed by atoms with E-state index in [0.29, 0.717) is 21.3 Å². The molecule has 1 amide bonds. The second-order valence-corrected chi connectivity index (χ2v) is 7.32. The average molecular weight is 423 g/mol. The van der Waals surface area contributed by atoms with Crippen LogP contribution in [0.1, 0.15) is 10.7 Å². The van der Waals surface area contributed by atoms with Crippen LogP contribution in [0.4, 0.5) is 25.0 Å². The summed E-state index contributed by atoms with van der Waals surface area (Å²) in [5.74, 6) is 3.51. The lowest BCUT2D eigenvalue weighted by atomic mass is 10.2. The molecule has 0 spiro atoms. The van der Waals surface area contributed by atoms with E-state index in [-0.39, 0.29) is 18.0 Å². The lowest BCUT2D eigenvalue weighted by Crippen LogP contribution is -2.22. The van der Waals surface area contributed by atoms with Crippen molar-refractivity contribution in [3.63, 3.8) is 0 Å². The number of carbonyl (C=O) groups excluding carboxylic acids is 1. The first-order valence-electron chi connectivity index (χ1n) is 8.33. The molecule has 0 aliphatic rings. The number of thiazole rings is 1. The summed E-state index contributed by atoms with van der Waals surface area (Å²) in [5, 5.41) is 4.89. The number of anilines is 2. The molecule has 12 heteroatoms. The minimum absolute atomic E-state index is 0.0210. The van der Waals surface area contributed by atoms with Crippen molar-refractivity contribution < 1.29 is 18.3 Å². The Kier molecular flexibility index (Phi) is 5.66. The van der Waals surface area contributed by atoms with E-state index in [4.69, 9.17) is 16.3 Å². The molecule has 0 fully saturated rings. The van der Waals surface area contributed by atoms with Crippen molar-refractivity contribution in [2.24, 2.45) is 5.84 Å². The zero-order valence-corrected chi connectivity index (χ0v) is 16.7. The summed E-state index contributed by atoms with van der Waals surface area (Å²) in [7, 11) is 3.16. The van der Waals surface area contributed by atoms with Gasteiger partial charge in [-0.15, -0.1) is 11.3 Å². The quantitative estimate of drug-likeness (QED) is 0.327. The van der Waals surface area contributed by atoms with Crippen LogP contribution in [0, 0.1) is 18.6 Å². The summed E-state index contributed by atoms with van der Waals surface area (Å²) in [5.41, 5.74) is 7.89. The van der Waals surface area contributed by atoms with Crippen molar-refractivity contribution in [2.75, 3.05) is 25.3 Å². The lowest BCUT2D eigenvalue weighted by molar-refractivity contribution is 0.112. The molecule has 0 atom stereocenters. The molecule has 2 heterocycles. The van der Waals surface area contributed by atoms with Crippen molar-refractivity contribution >= 4 is 28.8 Å². The van der Waals surface area contributed by atoms with Crippen molar-refractivity contribution in [3.8, 4) is 16.3 Å². The van der Waals surface area contributed by atoms with E-state index in [0.717, 1.165) is 6.07 Å². The number of amides is 1. The van der Waals surface area contributed by atoms with Crippen molar-refractivity contribution in [2.45, 2.75) is 13.5 Å². The second-order valence-electron chi connectivity index (χ2n) is 6.24. The minimum atomic E-state index is -0.855. The number of hydrogen-bond acceptors (Lipinski definition) is 8. The Hall–Kier alpha value is -3.25. The number of nitrogens with one attached hydrogen (secondary N) is 1. The fourth-order valence-corrected chi connectivity index (χ4v) is 3.47. The van der Waals surface area contributed by atoms with E-state index in [1.54, 1.807) is 27.1 Å². The SMILES string of the molecule is Cc1nc(COC(=O)N(C)C)sc1-c1ccn(-c2cc(F)c(NN)c(N)c2F)n1. The van der Waals surface area contributed by atoms with Gasteiger partial charge >= 0.3 is 6.09 Å². The minimum Gasteiger partial charge on any atom is -0.442 e. The summed E-state index contributed by atoms with van der Waals surface area (Å²) in [6.07, 6.45) is 1.00. The first kappa shape index (κ1) is 20.5. The van der Waals surface area contributed by atoms with E-state index in [1.165, 1.54) is 27.1 Å². The summed E-state index contributed by atoms with van der Waals surface area (Å²) >= 11 is 1.29. The monoisotopic (exact) mass is 423 g/mol. The molecule has 5 N–H and O–H groups in total. The molecule has 3 aromatic rings. The van der Waals surface area contributed by atoms with Crippen LogP contribution in [0.25, 0.3) is 16.3 Å². The number of ether oxygens (including phenoxy) is 1. The number of benzene rings is 1. The van der Waals surface area contributed by atoms with Gasteiger partial charge in [0.05, 0.1) is 16.3 Å². The molecule has 0 bridgehead atoms. The van der Waals surface area contributed by atoms with Crippen LogP contribution in [-0.4, -0.2) is 39.9 Å². The van der Waals surface area contributed by atoms with Crippen molar-refractivity contribution in [1.29, 1.82) is 0 Å². The van der Waals surface area contributed by atoms with Gasteiger partial charge in [-0.2, -0.15) is 5.10 Å². The molecule has 1 aromatic carbocycles. The van der Waals surface area contributed by atoms with Gasteiger partial charge in [0.25, 0.3) is 0 Å². The van der Waals surface area contributed by atoms with Crippen molar-refractivity contribution in [1.82, 2.24) is 19.7 Å². The van der Waals surface area contributed by atoms with Gasteiger partial charge < -0.3 is 20.8 Å². The molecule has 3 rings (SSSR count). The highest BCUT2D eigenvalue weighted by Crippen LogP contribution is 2.32. The highest BCUT2D eigenvalue weighted by atomic mass is 32.1. The van der Waals surface area contributed by atoms with E-state index in [2.05, 4.69) is 10.1 Å². The number of nitrogen functional groups attached to an aromatic ring is 2. The molecular formula is C17H19F2N7O2S. The Balaban J connectivity index is 1.89. The van der Waals surface area contributed by atoms with Crippen LogP contribution < -0.4 is 17.0 Å². The molecule has 0 unspecified atom stereocenters. The van der Waals surface area contributed by atoms with Gasteiger partial charge in [-0.1, -0.05) is 0 Å². The van der Waals surface area contributed by atoms with E-state index >= 15 is 0 Å². The standard InChI is InChI=1S/C17H19F2N7O2S/c1-8-16(29-12(22-8)7-28-17(27)25(2)3)10-4-5-26(24-10)11-6-9(18)15(23-21)14(20)13(11)19/h4-6,23H,7,20-21H2,1-3H3. The number of hydrogen-bond donors (Lipinski definition) is 3. The fraction of sp³-hybridized carbons (Fsp3) is 0.235. The number of hydrazine groups is 1. The number of aromatic nitrogens is 3. The molecule has 0 radical (unpaired) electrons. The zero-order chi connectivity index (χ0) is 21.3. The number of carbonyl (C=O) groups is 1. The van der Waals surface area contributed by atoms with Crippen LogP contribution in [-0.2, 0) is 11.3 Å². The van der Waals surface area contributed by atoms with Crippen LogP contribution in [0.5, 0.6) is 0 Å². The number of nitrogens with two attached hydrogens (primary N) is 2. The lowest BCUT2D eigenvalue weighted by Gasteiger charge is -2.11. The first-order valence-corrected chi connectivity index (χ1v) is 9.15. The van der Waals surface area contributed by atoms with Gasteiger partial charge in [0, 0.05) is 26.4 Å². The van der Waals surface area contributed by atoms with Crippen LogP contribution in [0.15, 0.2) is 18.3 Å². The smallest absolute Gasteiger partial charge is 0.409 e. The van der Waals surface area contributed by atoms with Gasteiger partial charge in [-0.05, 0) is 13.0 Å². The van der Waals surface area contributed by atoms with Gasteiger partial charge in [0.15, 0.2) is 11.6 Å². The molecular weight excluding hydrogens is 404 g/mol. The third-order valence-electron chi connectivity index (χ3n) is 3.97. The third kappa shape index (κ3) is 3.98. The number of nitrogens with zero attached hydrogens (tertiary/aromatic N) is 4. The largest absolute Gasteiger partial charge is 0.442 e. The maximum absolute atomic E-state index is 14.5. The summed E-state index contributed by atoms with van der Waals surface area (Å²) in [4.78, 5) is 17.9. The number of halogens is 2. The summed E-state index contributed by atoms with van der Waals surface area (Å²) in [6.45, 7) is 1.80. The van der Waals surface area contributed by atoms with E-state index in [9.17, 15) is 13.6 Å². The Bertz CT molecular complexity index is 1060. The topological polar surface area (TPSA) is 124 Å². The van der Waals surface area contributed by atoms with Crippen LogP contribution >= 0.6 is 11.3 Å². The van der Waals surface area contributed by atoms with Gasteiger partial charge in [0.1, 0.15) is 28.7 Å². The maximum atomic E-state index is 14.5. The molecule has 0 aliphatic carbocycles. The van der Waals surface area contributed by atoms with Crippen LogP contribution in [0.3, 0.4) is 0 Å². The highest BCUT2D eigenvalue weighted by Gasteiger charge is 2.19. The molecule has 29 heavy (non-hydrogen) atoms. The average Bonchev–Trinajstić information content (AvgIpc) is 3.29. The third-order valence-corrected chi connectivity index (χ3v) is 5.12. The van der Waals surface area contributed by atoms with E-state index in [1.807, 2.05) is 5.43 Å². The van der Waals surface area contributed by atoms with Gasteiger partial charge in [-0.3, -0.25) is 5.84 Å². The molecule has 2 aromatic heterocycles. The zero-order valence-electron chi connectivity index (χ0n) is 15.9. The van der Waals surface area contributed by atoms with Gasteiger partial charge in [0.2, 0.25) is 0 Å². The van der Waals surface area contributed by atoms with Crippen LogP contribution in [0.2, 0.25) is 0 Å². The normalized spacial score (nSPS) is 10.8. The second kappa shape index (κ2) is 8.01. The Morgan fingerprint density at radius 3 is 2.79 bits per heavy atom. The Labute approximate surface area is 168 Å². The fourth-order valence-electron chi connectivity index (χ4n) is 2.53. The van der Waals surface area contributed by atoms with E-state index < -0.39 is 23.4 Å². The number of aryl methyl sites for hydroxylation is 1. The molecule has 0 saturated carbocycles.